The maximum atomic E-state index is 12.8. The predicted octanol–water partition coefficient (Wildman–Crippen LogP) is 3.51. The Morgan fingerprint density at radius 1 is 1.17 bits per heavy atom. The lowest BCUT2D eigenvalue weighted by atomic mass is 9.85. The summed E-state index contributed by atoms with van der Waals surface area (Å²) in [6, 6.07) is 9.36. The molecule has 0 spiro atoms. The minimum absolute atomic E-state index is 0.190. The molecule has 1 aliphatic heterocycles. The van der Waals surface area contributed by atoms with Gasteiger partial charge in [0.2, 0.25) is 0 Å². The van der Waals surface area contributed by atoms with Crippen LogP contribution in [0.15, 0.2) is 30.3 Å². The van der Waals surface area contributed by atoms with Gasteiger partial charge in [-0.3, -0.25) is 4.79 Å². The molecule has 1 aliphatic rings. The molecule has 0 N–H and O–H groups in total. The fraction of sp³-hybridized carbons (Fsp3) is 0.529. The van der Waals surface area contributed by atoms with Gasteiger partial charge in [-0.15, -0.1) is 0 Å². The van der Waals surface area contributed by atoms with Gasteiger partial charge >= 0.3 is 6.09 Å². The summed E-state index contributed by atoms with van der Waals surface area (Å²) in [6.45, 7) is 11.6. The number of rotatable bonds is 3. The number of β-lactam (4-membered cyclic amide) rings is 1. The number of carbonyl (C=O) groups excluding carboxylic acids is 2. The molecule has 1 saturated heterocycles. The molecule has 1 atom stereocenters. The van der Waals surface area contributed by atoms with E-state index in [0.29, 0.717) is 0 Å². The van der Waals surface area contributed by atoms with Gasteiger partial charge in [-0.05, 0) is 46.0 Å². The zero-order valence-corrected chi connectivity index (χ0v) is 15.7. The lowest BCUT2D eigenvalue weighted by Gasteiger charge is -2.49. The van der Waals surface area contributed by atoms with Gasteiger partial charge in [0.05, 0.1) is 6.54 Å². The van der Waals surface area contributed by atoms with Gasteiger partial charge in [-0.1, -0.05) is 30.3 Å². The van der Waals surface area contributed by atoms with Gasteiger partial charge in [0.25, 0.3) is 5.91 Å². The molecule has 1 fully saturated rings. The Kier molecular flexibility index (Phi) is 4.43. The van der Waals surface area contributed by atoms with E-state index in [1.165, 1.54) is 0 Å². The summed E-state index contributed by atoms with van der Waals surface area (Å²) in [5, 5.41) is 0. The van der Waals surface area contributed by atoms with Crippen molar-refractivity contribution in [2.24, 2.45) is 0 Å². The summed E-state index contributed by atoms with van der Waals surface area (Å²) >= 11 is 0. The minimum atomic E-state index is -2.00. The number of likely N-dealkylation sites (tertiary alicyclic amines) is 1. The molecule has 1 heterocycles. The van der Waals surface area contributed by atoms with Crippen molar-refractivity contribution in [3.05, 3.63) is 35.9 Å². The Bertz CT molecular complexity index is 603. The average molecular weight is 335 g/mol. The average Bonchev–Trinajstić information content (AvgIpc) is 2.40. The van der Waals surface area contributed by atoms with Crippen LogP contribution in [0.4, 0.5) is 4.79 Å². The molecule has 6 heteroatoms. The largest absolute Gasteiger partial charge is 0.443 e. The zero-order valence-electron chi connectivity index (χ0n) is 14.7. The number of amides is 2. The molecular formula is C17H25NO4Si. The molecule has 126 valence electrons. The predicted molar refractivity (Wildman–Crippen MR) is 90.5 cm³/mol. The van der Waals surface area contributed by atoms with E-state index < -0.39 is 25.6 Å². The third-order valence-corrected chi connectivity index (χ3v) is 4.27. The first-order chi connectivity index (χ1) is 10.4. The summed E-state index contributed by atoms with van der Waals surface area (Å²) in [6.07, 6.45) is -0.617. The Morgan fingerprint density at radius 2 is 1.74 bits per heavy atom. The first-order valence-corrected chi connectivity index (χ1v) is 11.2. The molecule has 1 aromatic carbocycles. The maximum Gasteiger partial charge on any atom is 0.417 e. The van der Waals surface area contributed by atoms with Crippen molar-refractivity contribution in [1.82, 2.24) is 4.90 Å². The van der Waals surface area contributed by atoms with Crippen molar-refractivity contribution in [2.45, 2.75) is 51.6 Å². The summed E-state index contributed by atoms with van der Waals surface area (Å²) in [5.41, 5.74) is -0.919. The molecule has 0 bridgehead atoms. The minimum Gasteiger partial charge on any atom is -0.443 e. The van der Waals surface area contributed by atoms with E-state index >= 15 is 0 Å². The first kappa shape index (κ1) is 17.7. The van der Waals surface area contributed by atoms with Crippen molar-refractivity contribution in [3.8, 4) is 0 Å². The number of imide groups is 1. The van der Waals surface area contributed by atoms with Crippen LogP contribution in [0.25, 0.3) is 0 Å². The van der Waals surface area contributed by atoms with Crippen LogP contribution in [-0.2, 0) is 19.6 Å². The van der Waals surface area contributed by atoms with E-state index in [1.54, 1.807) is 20.8 Å². The zero-order chi connectivity index (χ0) is 17.5. The van der Waals surface area contributed by atoms with Crippen molar-refractivity contribution in [3.63, 3.8) is 0 Å². The van der Waals surface area contributed by atoms with Gasteiger partial charge in [-0.25, -0.2) is 9.69 Å². The third kappa shape index (κ3) is 3.82. The third-order valence-electron chi connectivity index (χ3n) is 3.31. The van der Waals surface area contributed by atoms with Crippen LogP contribution in [0.5, 0.6) is 0 Å². The van der Waals surface area contributed by atoms with E-state index in [1.807, 2.05) is 50.0 Å². The molecule has 5 nitrogen and oxygen atoms in total. The van der Waals surface area contributed by atoms with Crippen LogP contribution in [0, 0.1) is 0 Å². The highest BCUT2D eigenvalue weighted by atomic mass is 28.4. The van der Waals surface area contributed by atoms with E-state index in [0.717, 1.165) is 10.5 Å². The molecular weight excluding hydrogens is 310 g/mol. The highest BCUT2D eigenvalue weighted by Crippen LogP contribution is 2.40. The Balaban J connectivity index is 2.27. The Hall–Kier alpha value is -1.66. The van der Waals surface area contributed by atoms with Crippen LogP contribution in [0.2, 0.25) is 19.6 Å². The summed E-state index contributed by atoms with van der Waals surface area (Å²) in [5.74, 6) is -0.347. The van der Waals surface area contributed by atoms with Crippen molar-refractivity contribution in [2.75, 3.05) is 6.54 Å². The fourth-order valence-electron chi connectivity index (χ4n) is 2.53. The van der Waals surface area contributed by atoms with Gasteiger partial charge < -0.3 is 9.16 Å². The SMILES string of the molecule is CC(C)(C)OC(=O)N1C[C@@](O[Si](C)(C)C)(c2ccccc2)C1=O. The molecule has 23 heavy (non-hydrogen) atoms. The maximum absolute atomic E-state index is 12.8. The standard InChI is InChI=1S/C17H25NO4Si/c1-16(2,3)21-15(20)18-12-17(14(18)19,22-23(4,5)6)13-10-8-7-9-11-13/h7-11H,12H2,1-6H3/t17-/m1/s1. The monoisotopic (exact) mass is 335 g/mol. The van der Waals surface area contributed by atoms with Crippen molar-refractivity contribution < 1.29 is 18.8 Å². The molecule has 1 aromatic rings. The molecule has 0 radical (unpaired) electrons. The number of benzene rings is 1. The Morgan fingerprint density at radius 3 is 2.17 bits per heavy atom. The molecule has 0 saturated carbocycles. The second-order valence-electron chi connectivity index (χ2n) is 7.78. The van der Waals surface area contributed by atoms with Gasteiger partial charge in [0, 0.05) is 0 Å². The number of ether oxygens (including phenoxy) is 1. The van der Waals surface area contributed by atoms with E-state index in [9.17, 15) is 9.59 Å². The van der Waals surface area contributed by atoms with E-state index in [4.69, 9.17) is 9.16 Å². The molecule has 0 unspecified atom stereocenters. The second-order valence-corrected chi connectivity index (χ2v) is 12.2. The van der Waals surface area contributed by atoms with Crippen LogP contribution in [0.3, 0.4) is 0 Å². The highest BCUT2D eigenvalue weighted by Gasteiger charge is 2.59. The van der Waals surface area contributed by atoms with Crippen LogP contribution < -0.4 is 0 Å². The van der Waals surface area contributed by atoms with E-state index in [-0.39, 0.29) is 12.5 Å². The fourth-order valence-corrected chi connectivity index (χ4v) is 3.85. The number of nitrogens with zero attached hydrogens (tertiary/aromatic N) is 1. The topological polar surface area (TPSA) is 55.8 Å². The normalized spacial score (nSPS) is 21.8. The van der Waals surface area contributed by atoms with Gasteiger partial charge in [-0.2, -0.15) is 0 Å². The first-order valence-electron chi connectivity index (χ1n) is 7.75. The number of hydrogen-bond donors (Lipinski definition) is 0. The van der Waals surface area contributed by atoms with Gasteiger partial charge in [0.15, 0.2) is 13.9 Å². The Labute approximate surface area is 138 Å². The molecule has 2 rings (SSSR count). The smallest absolute Gasteiger partial charge is 0.417 e. The van der Waals surface area contributed by atoms with Crippen molar-refractivity contribution in [1.29, 1.82) is 0 Å². The van der Waals surface area contributed by atoms with Crippen LogP contribution in [-0.4, -0.2) is 37.4 Å². The van der Waals surface area contributed by atoms with Gasteiger partial charge in [0.1, 0.15) is 5.60 Å². The number of hydrogen-bond acceptors (Lipinski definition) is 4. The molecule has 2 amide bonds. The second kappa shape index (κ2) is 5.76. The summed E-state index contributed by atoms with van der Waals surface area (Å²) in [7, 11) is -2.00. The van der Waals surface area contributed by atoms with Crippen LogP contribution >= 0.6 is 0 Å². The quantitative estimate of drug-likeness (QED) is 0.626. The lowest BCUT2D eigenvalue weighted by Crippen LogP contribution is -2.69. The summed E-state index contributed by atoms with van der Waals surface area (Å²) < 4.78 is 11.5. The molecule has 0 aromatic heterocycles. The molecule has 0 aliphatic carbocycles. The lowest BCUT2D eigenvalue weighted by molar-refractivity contribution is -0.171. The van der Waals surface area contributed by atoms with Crippen LogP contribution in [0.1, 0.15) is 26.3 Å². The van der Waals surface area contributed by atoms with E-state index in [2.05, 4.69) is 0 Å². The summed E-state index contributed by atoms with van der Waals surface area (Å²) in [4.78, 5) is 26.1. The number of carbonyl (C=O) groups is 2. The highest BCUT2D eigenvalue weighted by molar-refractivity contribution is 6.70. The van der Waals surface area contributed by atoms with Crippen molar-refractivity contribution >= 4 is 20.3 Å².